The average Bonchev–Trinajstić information content (AvgIpc) is 2.33. The van der Waals surface area contributed by atoms with E-state index in [1.54, 1.807) is 0 Å². The Hall–Kier alpha value is -0.0400. The van der Waals surface area contributed by atoms with Gasteiger partial charge in [0.05, 0.1) is 0 Å². The topological polar surface area (TPSA) is 3.24 Å². The van der Waals surface area contributed by atoms with Crippen LogP contribution in [-0.2, 0) is 0 Å². The Morgan fingerprint density at radius 3 is 2.00 bits per heavy atom. The molecule has 0 N–H and O–H groups in total. The van der Waals surface area contributed by atoms with Gasteiger partial charge in [0.15, 0.2) is 0 Å². The lowest BCUT2D eigenvalue weighted by Gasteiger charge is -2.30. The minimum atomic E-state index is 0.574. The van der Waals surface area contributed by atoms with Gasteiger partial charge in [0.1, 0.15) is 0 Å². The molecule has 1 aliphatic heterocycles. The van der Waals surface area contributed by atoms with Gasteiger partial charge >= 0.3 is 0 Å². The van der Waals surface area contributed by atoms with Gasteiger partial charge in [-0.2, -0.15) is 0 Å². The summed E-state index contributed by atoms with van der Waals surface area (Å²) in [5.74, 6) is 0.821. The third-order valence-corrected chi connectivity index (χ3v) is 3.66. The van der Waals surface area contributed by atoms with Gasteiger partial charge in [-0.1, -0.05) is 20.8 Å². The van der Waals surface area contributed by atoms with Crippen molar-refractivity contribution in [2.75, 3.05) is 13.1 Å². The SMILES string of the molecule is CC(C)N1CC[C@](C)(C(C)C)C1. The highest BCUT2D eigenvalue weighted by Gasteiger charge is 2.36. The lowest BCUT2D eigenvalue weighted by Crippen LogP contribution is -2.32. The van der Waals surface area contributed by atoms with E-state index >= 15 is 0 Å². The highest BCUT2D eigenvalue weighted by molar-refractivity contribution is 4.89. The molecule has 0 aliphatic carbocycles. The Morgan fingerprint density at radius 1 is 1.17 bits per heavy atom. The molecule has 1 atom stereocenters. The van der Waals surface area contributed by atoms with Crippen LogP contribution in [0.15, 0.2) is 0 Å². The van der Waals surface area contributed by atoms with Crippen LogP contribution in [0.3, 0.4) is 0 Å². The molecule has 0 radical (unpaired) electrons. The van der Waals surface area contributed by atoms with Gasteiger partial charge in [-0.3, -0.25) is 0 Å². The molecule has 1 heteroatoms. The Bertz CT molecular complexity index is 151. The standard InChI is InChI=1S/C11H23N/c1-9(2)11(5)6-7-12(8-11)10(3)4/h9-10H,6-8H2,1-5H3/t11-/m0/s1. The molecule has 0 aromatic carbocycles. The Balaban J connectivity index is 2.55. The zero-order valence-electron chi connectivity index (χ0n) is 9.22. The Morgan fingerprint density at radius 2 is 1.75 bits per heavy atom. The number of nitrogens with zero attached hydrogens (tertiary/aromatic N) is 1. The molecule has 1 aliphatic rings. The van der Waals surface area contributed by atoms with Crippen LogP contribution >= 0.6 is 0 Å². The first kappa shape index (κ1) is 10.0. The van der Waals surface area contributed by atoms with Gasteiger partial charge in [-0.15, -0.1) is 0 Å². The maximum Gasteiger partial charge on any atom is 0.00410 e. The summed E-state index contributed by atoms with van der Waals surface area (Å²) >= 11 is 0. The number of hydrogen-bond donors (Lipinski definition) is 0. The zero-order chi connectivity index (χ0) is 9.35. The van der Waals surface area contributed by atoms with Crippen LogP contribution < -0.4 is 0 Å². The van der Waals surface area contributed by atoms with E-state index in [1.807, 2.05) is 0 Å². The second kappa shape index (κ2) is 3.37. The molecule has 1 heterocycles. The molecular weight excluding hydrogens is 146 g/mol. The quantitative estimate of drug-likeness (QED) is 0.614. The predicted octanol–water partition coefficient (Wildman–Crippen LogP) is 2.76. The highest BCUT2D eigenvalue weighted by atomic mass is 15.2. The van der Waals surface area contributed by atoms with Gasteiger partial charge in [-0.25, -0.2) is 0 Å². The van der Waals surface area contributed by atoms with Crippen molar-refractivity contribution in [2.24, 2.45) is 11.3 Å². The van der Waals surface area contributed by atoms with Crippen molar-refractivity contribution in [3.8, 4) is 0 Å². The molecular formula is C11H23N. The third-order valence-electron chi connectivity index (χ3n) is 3.66. The number of hydrogen-bond acceptors (Lipinski definition) is 1. The predicted molar refractivity (Wildman–Crippen MR) is 54.3 cm³/mol. The molecule has 1 saturated heterocycles. The van der Waals surface area contributed by atoms with Crippen molar-refractivity contribution < 1.29 is 0 Å². The molecule has 1 fully saturated rings. The second-order valence-electron chi connectivity index (χ2n) is 5.12. The van der Waals surface area contributed by atoms with Crippen molar-refractivity contribution in [3.63, 3.8) is 0 Å². The van der Waals surface area contributed by atoms with Gasteiger partial charge < -0.3 is 4.90 Å². The molecule has 72 valence electrons. The van der Waals surface area contributed by atoms with Crippen molar-refractivity contribution >= 4 is 0 Å². The van der Waals surface area contributed by atoms with Gasteiger partial charge in [-0.05, 0) is 38.1 Å². The molecule has 12 heavy (non-hydrogen) atoms. The summed E-state index contributed by atoms with van der Waals surface area (Å²) in [4.78, 5) is 2.60. The van der Waals surface area contributed by atoms with Gasteiger partial charge in [0, 0.05) is 12.6 Å². The Labute approximate surface area is 77.1 Å². The van der Waals surface area contributed by atoms with Crippen LogP contribution in [0.2, 0.25) is 0 Å². The van der Waals surface area contributed by atoms with E-state index in [9.17, 15) is 0 Å². The van der Waals surface area contributed by atoms with Gasteiger partial charge in [0.25, 0.3) is 0 Å². The van der Waals surface area contributed by atoms with Crippen molar-refractivity contribution in [1.82, 2.24) is 4.90 Å². The van der Waals surface area contributed by atoms with Crippen molar-refractivity contribution in [3.05, 3.63) is 0 Å². The summed E-state index contributed by atoms with van der Waals surface area (Å²) in [5.41, 5.74) is 0.574. The third kappa shape index (κ3) is 1.82. The minimum Gasteiger partial charge on any atom is -0.300 e. The molecule has 1 rings (SSSR count). The van der Waals surface area contributed by atoms with Crippen LogP contribution in [0.25, 0.3) is 0 Å². The smallest absolute Gasteiger partial charge is 0.00410 e. The van der Waals surface area contributed by atoms with E-state index in [0.29, 0.717) is 5.41 Å². The van der Waals surface area contributed by atoms with Crippen LogP contribution in [0.4, 0.5) is 0 Å². The van der Waals surface area contributed by atoms with Crippen LogP contribution in [0, 0.1) is 11.3 Å². The fourth-order valence-corrected chi connectivity index (χ4v) is 1.93. The fourth-order valence-electron chi connectivity index (χ4n) is 1.93. The van der Waals surface area contributed by atoms with Gasteiger partial charge in [0.2, 0.25) is 0 Å². The first-order valence-corrected chi connectivity index (χ1v) is 5.20. The fraction of sp³-hybridized carbons (Fsp3) is 1.00. The van der Waals surface area contributed by atoms with E-state index < -0.39 is 0 Å². The van der Waals surface area contributed by atoms with Crippen LogP contribution in [0.1, 0.15) is 41.0 Å². The summed E-state index contributed by atoms with van der Waals surface area (Å²) in [7, 11) is 0. The molecule has 1 nitrogen and oxygen atoms in total. The lowest BCUT2D eigenvalue weighted by atomic mass is 9.78. The normalized spacial score (nSPS) is 32.2. The summed E-state index contributed by atoms with van der Waals surface area (Å²) in [6.45, 7) is 14.3. The molecule has 0 unspecified atom stereocenters. The lowest BCUT2D eigenvalue weighted by molar-refractivity contribution is 0.190. The number of rotatable bonds is 2. The molecule has 0 saturated carbocycles. The molecule has 0 bridgehead atoms. The minimum absolute atomic E-state index is 0.574. The Kier molecular flexibility index (Phi) is 2.82. The molecule has 0 spiro atoms. The highest BCUT2D eigenvalue weighted by Crippen LogP contribution is 2.37. The largest absolute Gasteiger partial charge is 0.300 e. The maximum atomic E-state index is 2.60. The summed E-state index contributed by atoms with van der Waals surface area (Å²) < 4.78 is 0. The second-order valence-corrected chi connectivity index (χ2v) is 5.12. The van der Waals surface area contributed by atoms with Crippen LogP contribution in [-0.4, -0.2) is 24.0 Å². The summed E-state index contributed by atoms with van der Waals surface area (Å²) in [6.07, 6.45) is 1.38. The zero-order valence-corrected chi connectivity index (χ0v) is 9.22. The van der Waals surface area contributed by atoms with E-state index in [0.717, 1.165) is 12.0 Å². The van der Waals surface area contributed by atoms with Crippen molar-refractivity contribution in [1.29, 1.82) is 0 Å². The molecule has 0 aromatic heterocycles. The van der Waals surface area contributed by atoms with Crippen molar-refractivity contribution in [2.45, 2.75) is 47.1 Å². The molecule has 0 amide bonds. The summed E-state index contributed by atoms with van der Waals surface area (Å²) in [6, 6.07) is 0.727. The van der Waals surface area contributed by atoms with E-state index in [4.69, 9.17) is 0 Å². The van der Waals surface area contributed by atoms with Crippen LogP contribution in [0.5, 0.6) is 0 Å². The first-order valence-electron chi connectivity index (χ1n) is 5.20. The van der Waals surface area contributed by atoms with E-state index in [-0.39, 0.29) is 0 Å². The van der Waals surface area contributed by atoms with E-state index in [2.05, 4.69) is 39.5 Å². The number of likely N-dealkylation sites (tertiary alicyclic amines) is 1. The van der Waals surface area contributed by atoms with E-state index in [1.165, 1.54) is 19.5 Å². The monoisotopic (exact) mass is 169 g/mol. The maximum absolute atomic E-state index is 2.60. The summed E-state index contributed by atoms with van der Waals surface area (Å²) in [5, 5.41) is 0. The molecule has 0 aromatic rings. The first-order chi connectivity index (χ1) is 5.46. The average molecular weight is 169 g/mol.